The summed E-state index contributed by atoms with van der Waals surface area (Å²) in [6.45, 7) is 0. The lowest BCUT2D eigenvalue weighted by molar-refractivity contribution is 0.0995. The van der Waals surface area contributed by atoms with Gasteiger partial charge < -0.3 is 14.8 Å². The number of aromatic nitrogens is 1. The topological polar surface area (TPSA) is 75.4 Å². The van der Waals surface area contributed by atoms with Crippen molar-refractivity contribution >= 4 is 49.1 Å². The average molecular weight is 415 g/mol. The Hall–Kier alpha value is -2.64. The maximum absolute atomic E-state index is 12.1. The fraction of sp³-hybridized carbons (Fsp3) is 0. The SMILES string of the molecule is O=C(Nc1ccc(-c2nc3ccccc3s2)c(O)c1)c1ccc(Br)o1. The molecule has 124 valence electrons. The summed E-state index contributed by atoms with van der Waals surface area (Å²) in [5, 5.41) is 13.8. The number of nitrogens with one attached hydrogen (secondary N) is 1. The number of furan rings is 1. The second-order valence-corrected chi connectivity index (χ2v) is 7.09. The number of para-hydroxylation sites is 1. The highest BCUT2D eigenvalue weighted by molar-refractivity contribution is 9.10. The van der Waals surface area contributed by atoms with E-state index in [-0.39, 0.29) is 11.5 Å². The van der Waals surface area contributed by atoms with Crippen LogP contribution in [0.2, 0.25) is 0 Å². The van der Waals surface area contributed by atoms with Crippen LogP contribution in [-0.2, 0) is 0 Å². The van der Waals surface area contributed by atoms with Crippen LogP contribution < -0.4 is 5.32 Å². The van der Waals surface area contributed by atoms with Crippen LogP contribution in [0.15, 0.2) is 63.7 Å². The van der Waals surface area contributed by atoms with Crippen molar-refractivity contribution in [3.63, 3.8) is 0 Å². The van der Waals surface area contributed by atoms with E-state index in [0.717, 1.165) is 15.2 Å². The Labute approximate surface area is 155 Å². The van der Waals surface area contributed by atoms with Crippen LogP contribution in [0.25, 0.3) is 20.8 Å². The molecule has 4 aromatic rings. The number of thiazole rings is 1. The Balaban J connectivity index is 1.61. The minimum Gasteiger partial charge on any atom is -0.507 e. The summed E-state index contributed by atoms with van der Waals surface area (Å²) in [5.41, 5.74) is 1.99. The Morgan fingerprint density at radius 3 is 2.72 bits per heavy atom. The molecule has 2 aromatic heterocycles. The molecule has 0 atom stereocenters. The van der Waals surface area contributed by atoms with Crippen molar-refractivity contribution in [2.24, 2.45) is 0 Å². The molecule has 7 heteroatoms. The Bertz CT molecular complexity index is 1050. The van der Waals surface area contributed by atoms with E-state index in [2.05, 4.69) is 26.2 Å². The van der Waals surface area contributed by atoms with Gasteiger partial charge in [-0.2, -0.15) is 0 Å². The van der Waals surface area contributed by atoms with Crippen molar-refractivity contribution < 1.29 is 14.3 Å². The lowest BCUT2D eigenvalue weighted by Crippen LogP contribution is -2.10. The molecule has 0 fully saturated rings. The highest BCUT2D eigenvalue weighted by atomic mass is 79.9. The molecule has 0 radical (unpaired) electrons. The summed E-state index contributed by atoms with van der Waals surface area (Å²) in [6, 6.07) is 16.0. The fourth-order valence-electron chi connectivity index (χ4n) is 2.41. The first-order valence-corrected chi connectivity index (χ1v) is 8.97. The van der Waals surface area contributed by atoms with E-state index < -0.39 is 5.91 Å². The van der Waals surface area contributed by atoms with Gasteiger partial charge in [0.15, 0.2) is 10.4 Å². The van der Waals surface area contributed by atoms with E-state index in [1.165, 1.54) is 17.4 Å². The first-order valence-electron chi connectivity index (χ1n) is 7.36. The maximum Gasteiger partial charge on any atom is 0.291 e. The minimum absolute atomic E-state index is 0.0532. The molecule has 0 aliphatic heterocycles. The van der Waals surface area contributed by atoms with Crippen LogP contribution in [0.1, 0.15) is 10.6 Å². The lowest BCUT2D eigenvalue weighted by atomic mass is 10.2. The Morgan fingerprint density at radius 1 is 1.16 bits per heavy atom. The number of hydrogen-bond donors (Lipinski definition) is 2. The van der Waals surface area contributed by atoms with Crippen molar-refractivity contribution in [2.75, 3.05) is 5.32 Å². The zero-order valence-corrected chi connectivity index (χ0v) is 15.1. The van der Waals surface area contributed by atoms with Crippen molar-refractivity contribution in [3.8, 4) is 16.3 Å². The number of carbonyl (C=O) groups excluding carboxylic acids is 1. The number of anilines is 1. The van der Waals surface area contributed by atoms with Crippen LogP contribution in [0.5, 0.6) is 5.75 Å². The standard InChI is InChI=1S/C18H11BrN2O3S/c19-16-8-7-14(24-16)17(23)20-10-5-6-11(13(22)9-10)18-21-12-3-1-2-4-15(12)25-18/h1-9,22H,(H,20,23). The summed E-state index contributed by atoms with van der Waals surface area (Å²) in [6.07, 6.45) is 0. The maximum atomic E-state index is 12.1. The molecule has 0 saturated heterocycles. The molecule has 25 heavy (non-hydrogen) atoms. The summed E-state index contributed by atoms with van der Waals surface area (Å²) in [7, 11) is 0. The van der Waals surface area contributed by atoms with Crippen LogP contribution in [0, 0.1) is 0 Å². The third-order valence-corrected chi connectivity index (χ3v) is 5.07. The van der Waals surface area contributed by atoms with E-state index in [1.807, 2.05) is 24.3 Å². The van der Waals surface area contributed by atoms with E-state index in [1.54, 1.807) is 24.3 Å². The number of fused-ring (bicyclic) bond motifs is 1. The quantitative estimate of drug-likeness (QED) is 0.478. The van der Waals surface area contributed by atoms with E-state index in [0.29, 0.717) is 15.9 Å². The summed E-state index contributed by atoms with van der Waals surface area (Å²) < 4.78 is 6.74. The molecule has 2 aromatic carbocycles. The molecule has 2 N–H and O–H groups in total. The largest absolute Gasteiger partial charge is 0.507 e. The van der Waals surface area contributed by atoms with Gasteiger partial charge in [-0.05, 0) is 52.3 Å². The molecule has 4 rings (SSSR count). The molecule has 0 unspecified atom stereocenters. The monoisotopic (exact) mass is 414 g/mol. The van der Waals surface area contributed by atoms with Gasteiger partial charge in [0.1, 0.15) is 10.8 Å². The van der Waals surface area contributed by atoms with E-state index >= 15 is 0 Å². The molecule has 5 nitrogen and oxygen atoms in total. The van der Waals surface area contributed by atoms with E-state index in [9.17, 15) is 9.90 Å². The third-order valence-electron chi connectivity index (χ3n) is 3.58. The summed E-state index contributed by atoms with van der Waals surface area (Å²) in [4.78, 5) is 16.6. The second-order valence-electron chi connectivity index (χ2n) is 5.28. The first-order chi connectivity index (χ1) is 12.1. The van der Waals surface area contributed by atoms with Crippen molar-refractivity contribution in [1.29, 1.82) is 0 Å². The highest BCUT2D eigenvalue weighted by Gasteiger charge is 2.14. The molecule has 0 saturated carbocycles. The molecule has 1 amide bonds. The number of carbonyl (C=O) groups is 1. The number of phenolic OH excluding ortho intramolecular Hbond substituents is 1. The van der Waals surface area contributed by atoms with Crippen LogP contribution in [0.4, 0.5) is 5.69 Å². The van der Waals surface area contributed by atoms with Gasteiger partial charge in [-0.15, -0.1) is 11.3 Å². The van der Waals surface area contributed by atoms with Crippen LogP contribution >= 0.6 is 27.3 Å². The van der Waals surface area contributed by atoms with Gasteiger partial charge in [0.25, 0.3) is 5.91 Å². The zero-order chi connectivity index (χ0) is 17.4. The van der Waals surface area contributed by atoms with Crippen molar-refractivity contribution in [2.45, 2.75) is 0 Å². The summed E-state index contributed by atoms with van der Waals surface area (Å²) in [5.74, 6) is -0.156. The van der Waals surface area contributed by atoms with Crippen molar-refractivity contribution in [1.82, 2.24) is 4.98 Å². The minimum atomic E-state index is -0.391. The second kappa shape index (κ2) is 6.34. The highest BCUT2D eigenvalue weighted by Crippen LogP contribution is 2.36. The third kappa shape index (κ3) is 3.16. The lowest BCUT2D eigenvalue weighted by Gasteiger charge is -2.06. The first kappa shape index (κ1) is 15.9. The predicted octanol–water partition coefficient (Wildman–Crippen LogP) is 5.28. The van der Waals surface area contributed by atoms with Gasteiger partial charge in [0, 0.05) is 11.8 Å². The molecular formula is C18H11BrN2O3S. The fourth-order valence-corrected chi connectivity index (χ4v) is 3.71. The Morgan fingerprint density at radius 2 is 2.00 bits per heavy atom. The molecular weight excluding hydrogens is 404 g/mol. The molecule has 0 bridgehead atoms. The van der Waals surface area contributed by atoms with Gasteiger partial charge in [-0.1, -0.05) is 12.1 Å². The molecule has 2 heterocycles. The number of amides is 1. The molecule has 0 aliphatic carbocycles. The smallest absolute Gasteiger partial charge is 0.291 e. The summed E-state index contributed by atoms with van der Waals surface area (Å²) >= 11 is 4.66. The van der Waals surface area contributed by atoms with Crippen LogP contribution in [-0.4, -0.2) is 16.0 Å². The number of nitrogens with zero attached hydrogens (tertiary/aromatic N) is 1. The number of benzene rings is 2. The normalized spacial score (nSPS) is 10.9. The van der Waals surface area contributed by atoms with Gasteiger partial charge in [0.2, 0.25) is 0 Å². The average Bonchev–Trinajstić information content (AvgIpc) is 3.21. The van der Waals surface area contributed by atoms with E-state index in [4.69, 9.17) is 4.42 Å². The predicted molar refractivity (Wildman–Crippen MR) is 101 cm³/mol. The van der Waals surface area contributed by atoms with Gasteiger partial charge >= 0.3 is 0 Å². The zero-order valence-electron chi connectivity index (χ0n) is 12.7. The van der Waals surface area contributed by atoms with Gasteiger partial charge in [0.05, 0.1) is 15.8 Å². The number of hydrogen-bond acceptors (Lipinski definition) is 5. The van der Waals surface area contributed by atoms with Crippen LogP contribution in [0.3, 0.4) is 0 Å². The Kier molecular flexibility index (Phi) is 4.03. The number of aromatic hydroxyl groups is 1. The molecule has 0 spiro atoms. The van der Waals surface area contributed by atoms with Gasteiger partial charge in [-0.3, -0.25) is 4.79 Å². The number of phenols is 1. The molecule has 0 aliphatic rings. The van der Waals surface area contributed by atoms with Gasteiger partial charge in [-0.25, -0.2) is 4.98 Å². The number of halogens is 1. The number of rotatable bonds is 3. The van der Waals surface area contributed by atoms with Crippen molar-refractivity contribution in [3.05, 3.63) is 65.0 Å².